The lowest BCUT2D eigenvalue weighted by atomic mass is 9.85. The summed E-state index contributed by atoms with van der Waals surface area (Å²) in [5.41, 5.74) is 2.15. The van der Waals surface area contributed by atoms with Crippen LogP contribution in [0, 0.1) is 12.3 Å². The van der Waals surface area contributed by atoms with E-state index in [1.165, 1.54) is 30.3 Å². The zero-order valence-electron chi connectivity index (χ0n) is 44.8. The minimum absolute atomic E-state index is 0.00748. The predicted octanol–water partition coefficient (Wildman–Crippen LogP) is 6.15. The molecule has 0 spiro atoms. The standard InChI is InChI=1S/C57H63N9O12/c1-33-12-19-44(77-33)53(57(2,3)4)61-49-48(51(68)52(49)69)60-43-11-9-10-41(50(43)67)55(71)59-31-35-32-66(63-62-35)21-23-75-25-27-76-26-24-74-22-20-58-54(70)34-13-16-38(56(72)73)42(28-34)47-39-17-14-36(64(5)6)29-45(39)78-46-30-37(65(7)8)15-18-40(46)47/h9-19,28-30,32,53H,20-27,31H2,1-8H3,(H5-,58,59,60,61,62,63,67,68,69,70,71,72,73)/p+1/t53-/m1/s1. The molecule has 0 saturated carbocycles. The first-order valence-electron chi connectivity index (χ1n) is 25.3. The van der Waals surface area contributed by atoms with E-state index in [-0.39, 0.29) is 66.0 Å². The topological polar surface area (TPSA) is 265 Å². The number of hydrogen-bond donors (Lipinski definition) is 6. The Kier molecular flexibility index (Phi) is 17.2. The molecule has 1 aliphatic heterocycles. The van der Waals surface area contributed by atoms with E-state index in [9.17, 15) is 34.2 Å². The van der Waals surface area contributed by atoms with E-state index < -0.39 is 39.9 Å². The first kappa shape index (κ1) is 55.6. The second-order valence-corrected chi connectivity index (χ2v) is 20.1. The number of aromatic hydroxyl groups is 1. The summed E-state index contributed by atoms with van der Waals surface area (Å²) in [5.74, 6) is -0.658. The highest BCUT2D eigenvalue weighted by atomic mass is 16.5. The number of hydrogen-bond acceptors (Lipinski definition) is 16. The van der Waals surface area contributed by atoms with E-state index >= 15 is 0 Å². The summed E-state index contributed by atoms with van der Waals surface area (Å²) >= 11 is 0. The third-order valence-electron chi connectivity index (χ3n) is 12.9. The van der Waals surface area contributed by atoms with Crippen LogP contribution in [0.5, 0.6) is 5.75 Å². The molecule has 2 aromatic heterocycles. The number of fused-ring (bicyclic) bond motifs is 2. The molecule has 1 atom stereocenters. The normalized spacial score (nSPS) is 12.0. The Morgan fingerprint density at radius 2 is 1.53 bits per heavy atom. The Hall–Kier alpha value is -8.66. The van der Waals surface area contributed by atoms with Gasteiger partial charge in [-0.05, 0) is 78.6 Å². The van der Waals surface area contributed by atoms with Crippen LogP contribution in [-0.2, 0) is 27.3 Å². The smallest absolute Gasteiger partial charge is 0.336 e. The molecule has 0 saturated heterocycles. The summed E-state index contributed by atoms with van der Waals surface area (Å²) in [5, 5.41) is 42.8. The molecule has 408 valence electrons. The number of aryl methyl sites for hydroxylation is 1. The minimum atomic E-state index is -1.13. The molecule has 0 radical (unpaired) electrons. The molecule has 1 aliphatic carbocycles. The lowest BCUT2D eigenvalue weighted by Gasteiger charge is -2.31. The van der Waals surface area contributed by atoms with Gasteiger partial charge in [0.2, 0.25) is 5.36 Å². The van der Waals surface area contributed by atoms with Crippen LogP contribution in [0.15, 0.2) is 110 Å². The third-order valence-corrected chi connectivity index (χ3v) is 12.9. The zero-order chi connectivity index (χ0) is 55.8. The molecule has 0 bridgehead atoms. The van der Waals surface area contributed by atoms with Crippen LogP contribution >= 0.6 is 0 Å². The fourth-order valence-electron chi connectivity index (χ4n) is 8.70. The number of furan rings is 1. The van der Waals surface area contributed by atoms with Crippen LogP contribution in [0.25, 0.3) is 33.4 Å². The van der Waals surface area contributed by atoms with Gasteiger partial charge in [-0.15, -0.1) is 5.10 Å². The van der Waals surface area contributed by atoms with E-state index in [2.05, 4.69) is 31.6 Å². The lowest BCUT2D eigenvalue weighted by molar-refractivity contribution is 0.0133. The number of carbonyl (C=O) groups is 3. The molecule has 3 heterocycles. The number of nitrogens with zero attached hydrogens (tertiary/aromatic N) is 5. The van der Waals surface area contributed by atoms with Gasteiger partial charge in [0.15, 0.2) is 5.75 Å². The van der Waals surface area contributed by atoms with Crippen molar-refractivity contribution in [2.75, 3.05) is 89.9 Å². The van der Waals surface area contributed by atoms with Crippen molar-refractivity contribution in [2.24, 2.45) is 5.41 Å². The predicted molar refractivity (Wildman–Crippen MR) is 295 cm³/mol. The number of aromatic nitrogens is 3. The van der Waals surface area contributed by atoms with E-state index in [1.54, 1.807) is 16.9 Å². The van der Waals surface area contributed by atoms with Gasteiger partial charge in [-0.1, -0.05) is 32.1 Å². The number of phenolic OH excluding ortho intramolecular Hbond substituents is 1. The van der Waals surface area contributed by atoms with Gasteiger partial charge in [0.25, 0.3) is 22.7 Å². The number of ether oxygens (including phenoxy) is 3. The van der Waals surface area contributed by atoms with Gasteiger partial charge in [-0.3, -0.25) is 19.2 Å². The van der Waals surface area contributed by atoms with Gasteiger partial charge < -0.3 is 59.4 Å². The number of nitrogens with one attached hydrogen (secondary N) is 4. The fourth-order valence-corrected chi connectivity index (χ4v) is 8.70. The molecule has 6 N–H and O–H groups in total. The molecule has 2 aliphatic rings. The van der Waals surface area contributed by atoms with E-state index in [1.807, 2.05) is 114 Å². The summed E-state index contributed by atoms with van der Waals surface area (Å²) in [4.78, 5) is 66.7. The molecule has 0 fully saturated rings. The van der Waals surface area contributed by atoms with Crippen molar-refractivity contribution in [3.8, 4) is 28.2 Å². The van der Waals surface area contributed by atoms with Crippen LogP contribution in [0.3, 0.4) is 0 Å². The van der Waals surface area contributed by atoms with Crippen molar-refractivity contribution < 1.29 is 47.6 Å². The number of benzene rings is 4. The summed E-state index contributed by atoms with van der Waals surface area (Å²) in [7, 11) is 7.72. The van der Waals surface area contributed by atoms with Crippen LogP contribution in [0.1, 0.15) is 75.1 Å². The van der Waals surface area contributed by atoms with E-state index in [4.69, 9.17) is 23.0 Å². The Labute approximate surface area is 449 Å². The monoisotopic (exact) mass is 1070 g/mol. The largest absolute Gasteiger partial charge is 0.505 e. The molecule has 4 aromatic carbocycles. The number of phenols is 1. The molecule has 21 heteroatoms. The molecular weight excluding hydrogens is 1000 g/mol. The highest BCUT2D eigenvalue weighted by molar-refractivity contribution is 6.09. The highest BCUT2D eigenvalue weighted by Gasteiger charge is 2.33. The average molecular weight is 1070 g/mol. The fraction of sp³-hybridized carbons (Fsp3) is 0.333. The van der Waals surface area contributed by atoms with Crippen molar-refractivity contribution in [1.82, 2.24) is 30.2 Å². The van der Waals surface area contributed by atoms with E-state index in [0.29, 0.717) is 83.6 Å². The van der Waals surface area contributed by atoms with Crippen LogP contribution in [0.4, 0.5) is 22.7 Å². The van der Waals surface area contributed by atoms with Gasteiger partial charge >= 0.3 is 5.97 Å². The molecule has 2 amide bonds. The average Bonchev–Trinajstić information content (AvgIpc) is 4.15. The third kappa shape index (κ3) is 12.8. The molecule has 6 aromatic rings. The number of carboxylic acid groups (broad SMARTS) is 1. The first-order chi connectivity index (χ1) is 37.3. The molecular formula is C57H64N9O12+. The van der Waals surface area contributed by atoms with Gasteiger partial charge in [-0.25, -0.2) is 14.1 Å². The molecule has 8 rings (SSSR count). The number of aromatic carboxylic acids is 1. The summed E-state index contributed by atoms with van der Waals surface area (Å²) < 4.78 is 32.8. The maximum Gasteiger partial charge on any atom is 0.336 e. The van der Waals surface area contributed by atoms with Gasteiger partial charge in [0.1, 0.15) is 54.0 Å². The summed E-state index contributed by atoms with van der Waals surface area (Å²) in [6.45, 7) is 10.1. The molecule has 78 heavy (non-hydrogen) atoms. The van der Waals surface area contributed by atoms with Crippen molar-refractivity contribution in [1.29, 1.82) is 0 Å². The maximum absolute atomic E-state index is 13.4. The van der Waals surface area contributed by atoms with Gasteiger partial charge in [0.05, 0.1) is 87.9 Å². The second kappa shape index (κ2) is 24.1. The van der Waals surface area contributed by atoms with E-state index in [0.717, 1.165) is 11.0 Å². The van der Waals surface area contributed by atoms with Crippen molar-refractivity contribution in [2.45, 2.75) is 46.8 Å². The number of rotatable bonds is 24. The number of para-hydroxylation sites is 1. The Morgan fingerprint density at radius 3 is 2.22 bits per heavy atom. The van der Waals surface area contributed by atoms with Crippen molar-refractivity contribution in [3.63, 3.8) is 0 Å². The van der Waals surface area contributed by atoms with Crippen LogP contribution in [0.2, 0.25) is 0 Å². The van der Waals surface area contributed by atoms with Crippen LogP contribution < -0.4 is 47.0 Å². The number of carboxylic acids is 1. The highest BCUT2D eigenvalue weighted by Crippen LogP contribution is 2.43. The Morgan fingerprint density at radius 1 is 0.795 bits per heavy atom. The maximum atomic E-state index is 13.4. The first-order valence-corrected chi connectivity index (χ1v) is 25.3. The quantitative estimate of drug-likeness (QED) is 0.0130. The molecule has 0 unspecified atom stereocenters. The Balaban J connectivity index is 0.741. The summed E-state index contributed by atoms with van der Waals surface area (Å²) in [6, 6.07) is 23.7. The zero-order valence-corrected chi connectivity index (χ0v) is 44.8. The lowest BCUT2D eigenvalue weighted by Crippen LogP contribution is -2.39. The second-order valence-electron chi connectivity index (χ2n) is 20.1. The van der Waals surface area contributed by atoms with Crippen molar-refractivity contribution in [3.05, 3.63) is 151 Å². The summed E-state index contributed by atoms with van der Waals surface area (Å²) in [6.07, 6.45) is 1.66. The van der Waals surface area contributed by atoms with Gasteiger partial charge in [-0.2, -0.15) is 0 Å². The number of amides is 2. The minimum Gasteiger partial charge on any atom is -0.505 e. The molecule has 21 nitrogen and oxygen atoms in total. The van der Waals surface area contributed by atoms with Gasteiger partial charge in [0, 0.05) is 60.5 Å². The SMILES string of the molecule is Cc1ccc([C@@H](Nc2c(Nc3cccc(C(=O)NCc4cn(CCOCCOCCOCCNC(=O)c5ccc(C(=O)O)c(-c6c7ccc(=[N+](C)C)cc-7oc7cc(N(C)C)ccc67)c5)nn4)c3O)c(=O)c2=O)C(C)(C)C)o1. The van der Waals surface area contributed by atoms with Crippen molar-refractivity contribution >= 4 is 51.5 Å². The number of carbonyl (C=O) groups excluding carboxylic acids is 2. The van der Waals surface area contributed by atoms with Crippen LogP contribution in [-0.4, -0.2) is 117 Å². The Bertz CT molecular complexity index is 3590. The number of anilines is 4.